The first kappa shape index (κ1) is 13.0. The van der Waals surface area contributed by atoms with Crippen molar-refractivity contribution in [2.45, 2.75) is 33.2 Å². The maximum absolute atomic E-state index is 11.7. The second-order valence-electron chi connectivity index (χ2n) is 4.06. The van der Waals surface area contributed by atoms with Crippen LogP contribution in [0.15, 0.2) is 24.3 Å². The highest BCUT2D eigenvalue weighted by molar-refractivity contribution is 6.31. The summed E-state index contributed by atoms with van der Waals surface area (Å²) in [6, 6.07) is 7.53. The molecule has 1 amide bonds. The van der Waals surface area contributed by atoms with Gasteiger partial charge in [-0.3, -0.25) is 4.79 Å². The van der Waals surface area contributed by atoms with Gasteiger partial charge in [0.15, 0.2) is 0 Å². The minimum atomic E-state index is -0.0461. The zero-order chi connectivity index (χ0) is 12.1. The van der Waals surface area contributed by atoms with Gasteiger partial charge >= 0.3 is 0 Å². The number of nitrogens with one attached hydrogen (secondary N) is 1. The van der Waals surface area contributed by atoms with Gasteiger partial charge in [0.05, 0.1) is 6.04 Å². The summed E-state index contributed by atoms with van der Waals surface area (Å²) in [6.07, 6.45) is 0.848. The average molecular weight is 240 g/mol. The van der Waals surface area contributed by atoms with Crippen molar-refractivity contribution in [3.63, 3.8) is 0 Å². The summed E-state index contributed by atoms with van der Waals surface area (Å²) >= 11 is 6.06. The third kappa shape index (κ3) is 3.24. The molecule has 0 aliphatic rings. The highest BCUT2D eigenvalue weighted by Gasteiger charge is 2.15. The molecule has 1 aromatic carbocycles. The maximum Gasteiger partial charge on any atom is 0.223 e. The van der Waals surface area contributed by atoms with Gasteiger partial charge in [0, 0.05) is 10.9 Å². The second-order valence-corrected chi connectivity index (χ2v) is 4.47. The maximum atomic E-state index is 11.7. The lowest BCUT2D eigenvalue weighted by Gasteiger charge is -2.18. The molecule has 0 spiro atoms. The molecule has 0 aromatic heterocycles. The Kier molecular flexibility index (Phi) is 4.81. The summed E-state index contributed by atoms with van der Waals surface area (Å²) in [5.74, 6) is 0.125. The molecular formula is C13H18ClNO. The Morgan fingerprint density at radius 2 is 2.00 bits per heavy atom. The van der Waals surface area contributed by atoms with E-state index in [0.717, 1.165) is 12.0 Å². The van der Waals surface area contributed by atoms with Crippen LogP contribution in [-0.4, -0.2) is 5.91 Å². The molecule has 16 heavy (non-hydrogen) atoms. The molecule has 0 radical (unpaired) electrons. The van der Waals surface area contributed by atoms with Crippen LogP contribution in [0.1, 0.15) is 38.8 Å². The Hall–Kier alpha value is -1.02. The quantitative estimate of drug-likeness (QED) is 0.855. The normalized spacial score (nSPS) is 14.2. The van der Waals surface area contributed by atoms with E-state index in [1.807, 2.05) is 45.0 Å². The van der Waals surface area contributed by atoms with Crippen molar-refractivity contribution >= 4 is 17.5 Å². The van der Waals surface area contributed by atoms with Gasteiger partial charge in [-0.2, -0.15) is 0 Å². The average Bonchev–Trinajstić information content (AvgIpc) is 2.28. The number of carbonyl (C=O) groups excluding carboxylic acids is 1. The summed E-state index contributed by atoms with van der Waals surface area (Å²) in [4.78, 5) is 11.7. The van der Waals surface area contributed by atoms with Crippen molar-refractivity contribution in [2.24, 2.45) is 5.92 Å². The zero-order valence-electron chi connectivity index (χ0n) is 9.96. The predicted molar refractivity (Wildman–Crippen MR) is 67.5 cm³/mol. The Morgan fingerprint density at radius 3 is 2.56 bits per heavy atom. The molecule has 0 aliphatic carbocycles. The Balaban J connectivity index is 2.69. The van der Waals surface area contributed by atoms with Crippen molar-refractivity contribution < 1.29 is 4.79 Å². The minimum absolute atomic E-state index is 0.0461. The van der Waals surface area contributed by atoms with E-state index in [1.165, 1.54) is 0 Å². The summed E-state index contributed by atoms with van der Waals surface area (Å²) in [5.41, 5.74) is 0.959. The molecule has 0 saturated carbocycles. The summed E-state index contributed by atoms with van der Waals surface area (Å²) in [5, 5.41) is 3.66. The summed E-state index contributed by atoms with van der Waals surface area (Å²) in [7, 11) is 0. The van der Waals surface area contributed by atoms with Gasteiger partial charge in [-0.25, -0.2) is 0 Å². The number of benzene rings is 1. The first-order valence-electron chi connectivity index (χ1n) is 5.61. The molecule has 0 saturated heterocycles. The molecule has 1 aromatic rings. The van der Waals surface area contributed by atoms with E-state index in [9.17, 15) is 4.79 Å². The van der Waals surface area contributed by atoms with Gasteiger partial charge in [0.1, 0.15) is 0 Å². The molecule has 0 heterocycles. The monoisotopic (exact) mass is 239 g/mol. The number of hydrogen-bond donors (Lipinski definition) is 1. The Morgan fingerprint density at radius 1 is 1.38 bits per heavy atom. The van der Waals surface area contributed by atoms with E-state index in [1.54, 1.807) is 0 Å². The molecule has 2 unspecified atom stereocenters. The van der Waals surface area contributed by atoms with Crippen molar-refractivity contribution in [3.8, 4) is 0 Å². The highest BCUT2D eigenvalue weighted by atomic mass is 35.5. The molecule has 3 heteroatoms. The predicted octanol–water partition coefficient (Wildman–Crippen LogP) is 3.56. The molecule has 1 rings (SSSR count). The van der Waals surface area contributed by atoms with E-state index in [-0.39, 0.29) is 17.9 Å². The van der Waals surface area contributed by atoms with Crippen LogP contribution in [-0.2, 0) is 4.79 Å². The molecule has 1 N–H and O–H groups in total. The van der Waals surface area contributed by atoms with E-state index in [4.69, 9.17) is 11.6 Å². The van der Waals surface area contributed by atoms with E-state index < -0.39 is 0 Å². The molecular weight excluding hydrogens is 222 g/mol. The summed E-state index contributed by atoms with van der Waals surface area (Å²) < 4.78 is 0. The topological polar surface area (TPSA) is 29.1 Å². The van der Waals surface area contributed by atoms with Crippen molar-refractivity contribution in [3.05, 3.63) is 34.9 Å². The van der Waals surface area contributed by atoms with Gasteiger partial charge in [-0.15, -0.1) is 0 Å². The van der Waals surface area contributed by atoms with Crippen LogP contribution < -0.4 is 5.32 Å². The lowest BCUT2D eigenvalue weighted by Crippen LogP contribution is -2.31. The van der Waals surface area contributed by atoms with Gasteiger partial charge in [-0.05, 0) is 25.0 Å². The van der Waals surface area contributed by atoms with Crippen molar-refractivity contribution in [1.82, 2.24) is 5.32 Å². The Labute approximate surface area is 102 Å². The fourth-order valence-electron chi connectivity index (χ4n) is 1.45. The third-order valence-corrected chi connectivity index (χ3v) is 3.13. The number of hydrogen-bond acceptors (Lipinski definition) is 1. The number of amides is 1. The van der Waals surface area contributed by atoms with Crippen LogP contribution in [0.2, 0.25) is 5.02 Å². The molecule has 2 nitrogen and oxygen atoms in total. The lowest BCUT2D eigenvalue weighted by atomic mass is 10.1. The van der Waals surface area contributed by atoms with Crippen LogP contribution in [0.5, 0.6) is 0 Å². The molecule has 0 fully saturated rings. The van der Waals surface area contributed by atoms with Crippen LogP contribution >= 0.6 is 11.6 Å². The number of carbonyl (C=O) groups is 1. The van der Waals surface area contributed by atoms with Gasteiger partial charge < -0.3 is 5.32 Å². The van der Waals surface area contributed by atoms with Crippen molar-refractivity contribution in [1.29, 1.82) is 0 Å². The largest absolute Gasteiger partial charge is 0.349 e. The SMILES string of the molecule is CCC(C)C(=O)NC(C)c1ccccc1Cl. The molecule has 2 atom stereocenters. The second kappa shape index (κ2) is 5.90. The summed E-state index contributed by atoms with van der Waals surface area (Å²) in [6.45, 7) is 5.88. The zero-order valence-corrected chi connectivity index (χ0v) is 10.7. The third-order valence-electron chi connectivity index (χ3n) is 2.79. The minimum Gasteiger partial charge on any atom is -0.349 e. The van der Waals surface area contributed by atoms with Crippen LogP contribution in [0.4, 0.5) is 0 Å². The number of rotatable bonds is 4. The highest BCUT2D eigenvalue weighted by Crippen LogP contribution is 2.22. The molecule has 88 valence electrons. The van der Waals surface area contributed by atoms with Crippen LogP contribution in [0.3, 0.4) is 0 Å². The van der Waals surface area contributed by atoms with Gasteiger partial charge in [-0.1, -0.05) is 43.6 Å². The Bertz CT molecular complexity index is 365. The van der Waals surface area contributed by atoms with E-state index in [2.05, 4.69) is 5.32 Å². The standard InChI is InChI=1S/C13H18ClNO/c1-4-9(2)13(16)15-10(3)11-7-5-6-8-12(11)14/h5-10H,4H2,1-3H3,(H,15,16). The van der Waals surface area contributed by atoms with Crippen LogP contribution in [0, 0.1) is 5.92 Å². The molecule has 0 bridgehead atoms. The first-order chi connectivity index (χ1) is 7.56. The van der Waals surface area contributed by atoms with Gasteiger partial charge in [0.2, 0.25) is 5.91 Å². The van der Waals surface area contributed by atoms with Crippen molar-refractivity contribution in [2.75, 3.05) is 0 Å². The van der Waals surface area contributed by atoms with Crippen LogP contribution in [0.25, 0.3) is 0 Å². The smallest absolute Gasteiger partial charge is 0.223 e. The van der Waals surface area contributed by atoms with E-state index in [0.29, 0.717) is 5.02 Å². The number of halogens is 1. The van der Waals surface area contributed by atoms with Gasteiger partial charge in [0.25, 0.3) is 0 Å². The fourth-order valence-corrected chi connectivity index (χ4v) is 1.74. The molecule has 0 aliphatic heterocycles. The lowest BCUT2D eigenvalue weighted by molar-refractivity contribution is -0.125. The first-order valence-corrected chi connectivity index (χ1v) is 5.98. The fraction of sp³-hybridized carbons (Fsp3) is 0.462. The van der Waals surface area contributed by atoms with E-state index >= 15 is 0 Å².